The van der Waals surface area contributed by atoms with E-state index in [9.17, 15) is 4.79 Å². The van der Waals surface area contributed by atoms with Crippen molar-refractivity contribution in [2.24, 2.45) is 5.73 Å². The van der Waals surface area contributed by atoms with Crippen LogP contribution in [0.5, 0.6) is 5.75 Å². The maximum absolute atomic E-state index is 11.6. The number of esters is 1. The number of hydrogen-bond acceptors (Lipinski definition) is 4. The van der Waals surface area contributed by atoms with Gasteiger partial charge in [0, 0.05) is 0 Å². The molecule has 2 aromatic rings. The van der Waals surface area contributed by atoms with Crippen molar-refractivity contribution in [2.75, 3.05) is 13.7 Å². The highest BCUT2D eigenvalue weighted by atomic mass is 16.5. The third-order valence-corrected chi connectivity index (χ3v) is 3.40. The first kappa shape index (κ1) is 16.0. The zero-order valence-electron chi connectivity index (χ0n) is 12.9. The Morgan fingerprint density at radius 3 is 2.50 bits per heavy atom. The van der Waals surface area contributed by atoms with E-state index in [1.54, 1.807) is 14.0 Å². The maximum Gasteiger partial charge on any atom is 0.323 e. The Bertz CT molecular complexity index is 622. The number of methoxy groups -OCH3 is 1. The van der Waals surface area contributed by atoms with Gasteiger partial charge in [0.2, 0.25) is 0 Å². The van der Waals surface area contributed by atoms with Gasteiger partial charge in [0.25, 0.3) is 0 Å². The molecule has 0 spiro atoms. The normalized spacial score (nSPS) is 11.8. The van der Waals surface area contributed by atoms with Crippen LogP contribution in [0.2, 0.25) is 0 Å². The van der Waals surface area contributed by atoms with Crippen molar-refractivity contribution >= 4 is 5.97 Å². The lowest BCUT2D eigenvalue weighted by atomic mass is 9.99. The summed E-state index contributed by atoms with van der Waals surface area (Å²) >= 11 is 0. The average molecular weight is 299 g/mol. The van der Waals surface area contributed by atoms with E-state index in [-0.39, 0.29) is 5.97 Å². The van der Waals surface area contributed by atoms with Crippen molar-refractivity contribution in [3.63, 3.8) is 0 Å². The zero-order valence-corrected chi connectivity index (χ0v) is 12.9. The van der Waals surface area contributed by atoms with Crippen LogP contribution in [0.3, 0.4) is 0 Å². The molecule has 2 aromatic carbocycles. The zero-order chi connectivity index (χ0) is 15.9. The van der Waals surface area contributed by atoms with E-state index in [1.807, 2.05) is 48.5 Å². The number of carbonyl (C=O) groups excluding carboxylic acids is 1. The highest BCUT2D eigenvalue weighted by Gasteiger charge is 2.15. The summed E-state index contributed by atoms with van der Waals surface area (Å²) < 4.78 is 10.1. The van der Waals surface area contributed by atoms with Gasteiger partial charge >= 0.3 is 5.97 Å². The van der Waals surface area contributed by atoms with Crippen molar-refractivity contribution < 1.29 is 14.3 Å². The van der Waals surface area contributed by atoms with E-state index >= 15 is 0 Å². The van der Waals surface area contributed by atoms with Crippen LogP contribution < -0.4 is 10.5 Å². The molecule has 0 bridgehead atoms. The molecule has 0 unspecified atom stereocenters. The average Bonchev–Trinajstić information content (AvgIpc) is 2.55. The lowest BCUT2D eigenvalue weighted by Gasteiger charge is -2.11. The molecule has 0 aliphatic rings. The van der Waals surface area contributed by atoms with Crippen LogP contribution in [0.15, 0.2) is 48.5 Å². The first-order chi connectivity index (χ1) is 10.6. The summed E-state index contributed by atoms with van der Waals surface area (Å²) in [6, 6.07) is 15.2. The predicted octanol–water partition coefficient (Wildman–Crippen LogP) is 2.80. The molecule has 1 atom stereocenters. The molecule has 0 heterocycles. The molecule has 116 valence electrons. The SMILES string of the molecule is CCOC(=O)[C@H](N)Cc1cccc(-c2ccc(OC)cc2)c1. The third-order valence-electron chi connectivity index (χ3n) is 3.40. The summed E-state index contributed by atoms with van der Waals surface area (Å²) in [6.45, 7) is 2.12. The summed E-state index contributed by atoms with van der Waals surface area (Å²) in [5.41, 5.74) is 9.05. The maximum atomic E-state index is 11.6. The molecule has 0 radical (unpaired) electrons. The number of hydrogen-bond donors (Lipinski definition) is 1. The fourth-order valence-corrected chi connectivity index (χ4v) is 2.25. The Morgan fingerprint density at radius 1 is 1.14 bits per heavy atom. The van der Waals surface area contributed by atoms with Crippen molar-refractivity contribution in [1.29, 1.82) is 0 Å². The number of benzene rings is 2. The molecule has 4 nitrogen and oxygen atoms in total. The Balaban J connectivity index is 2.13. The van der Waals surface area contributed by atoms with E-state index in [2.05, 4.69) is 0 Å². The molecule has 0 aromatic heterocycles. The van der Waals surface area contributed by atoms with Crippen LogP contribution in [0, 0.1) is 0 Å². The molecule has 22 heavy (non-hydrogen) atoms. The van der Waals surface area contributed by atoms with Crippen LogP contribution in [0.1, 0.15) is 12.5 Å². The number of ether oxygens (including phenoxy) is 2. The van der Waals surface area contributed by atoms with E-state index in [0.717, 1.165) is 22.4 Å². The van der Waals surface area contributed by atoms with E-state index < -0.39 is 6.04 Å². The lowest BCUT2D eigenvalue weighted by molar-refractivity contribution is -0.144. The topological polar surface area (TPSA) is 61.5 Å². The van der Waals surface area contributed by atoms with Gasteiger partial charge in [-0.25, -0.2) is 0 Å². The van der Waals surface area contributed by atoms with Crippen molar-refractivity contribution in [1.82, 2.24) is 0 Å². The Labute approximate surface area is 130 Å². The van der Waals surface area contributed by atoms with Gasteiger partial charge in [0.1, 0.15) is 11.8 Å². The second kappa shape index (κ2) is 7.61. The Kier molecular flexibility index (Phi) is 5.55. The molecule has 2 rings (SSSR count). The van der Waals surface area contributed by atoms with Gasteiger partial charge in [-0.3, -0.25) is 4.79 Å². The highest BCUT2D eigenvalue weighted by Crippen LogP contribution is 2.23. The summed E-state index contributed by atoms with van der Waals surface area (Å²) in [6.07, 6.45) is 0.461. The molecule has 0 saturated carbocycles. The number of rotatable bonds is 6. The standard InChI is InChI=1S/C18H21NO3/c1-3-22-18(20)17(19)12-13-5-4-6-15(11-13)14-7-9-16(21-2)10-8-14/h4-11,17H,3,12,19H2,1-2H3/t17-/m1/s1. The van der Waals surface area contributed by atoms with E-state index in [0.29, 0.717) is 13.0 Å². The molecular weight excluding hydrogens is 278 g/mol. The minimum atomic E-state index is -0.633. The quantitative estimate of drug-likeness (QED) is 0.833. The lowest BCUT2D eigenvalue weighted by Crippen LogP contribution is -2.34. The largest absolute Gasteiger partial charge is 0.497 e. The van der Waals surface area contributed by atoms with Gasteiger partial charge in [0.15, 0.2) is 0 Å². The third kappa shape index (κ3) is 4.09. The van der Waals surface area contributed by atoms with Crippen molar-refractivity contribution in [3.8, 4) is 16.9 Å². The second-order valence-corrected chi connectivity index (χ2v) is 4.99. The van der Waals surface area contributed by atoms with Crippen LogP contribution in [-0.4, -0.2) is 25.7 Å². The van der Waals surface area contributed by atoms with Gasteiger partial charge in [-0.05, 0) is 42.2 Å². The van der Waals surface area contributed by atoms with Crippen LogP contribution in [0.25, 0.3) is 11.1 Å². The number of nitrogens with two attached hydrogens (primary N) is 1. The first-order valence-corrected chi connectivity index (χ1v) is 7.29. The fourth-order valence-electron chi connectivity index (χ4n) is 2.25. The number of carbonyl (C=O) groups is 1. The summed E-state index contributed by atoms with van der Waals surface area (Å²) in [5, 5.41) is 0. The van der Waals surface area contributed by atoms with Crippen molar-refractivity contribution in [3.05, 3.63) is 54.1 Å². The predicted molar refractivity (Wildman–Crippen MR) is 86.7 cm³/mol. The molecule has 0 saturated heterocycles. The van der Waals surface area contributed by atoms with Crippen LogP contribution >= 0.6 is 0 Å². The summed E-state index contributed by atoms with van der Waals surface area (Å²) in [7, 11) is 1.65. The molecule has 0 aliphatic heterocycles. The fraction of sp³-hybridized carbons (Fsp3) is 0.278. The van der Waals surface area contributed by atoms with Crippen molar-refractivity contribution in [2.45, 2.75) is 19.4 Å². The molecule has 4 heteroatoms. The van der Waals surface area contributed by atoms with Gasteiger partial charge in [-0.1, -0.05) is 36.4 Å². The molecule has 0 amide bonds. The van der Waals surface area contributed by atoms with Gasteiger partial charge in [-0.2, -0.15) is 0 Å². The van der Waals surface area contributed by atoms with Gasteiger partial charge in [0.05, 0.1) is 13.7 Å². The monoisotopic (exact) mass is 299 g/mol. The minimum absolute atomic E-state index is 0.346. The smallest absolute Gasteiger partial charge is 0.323 e. The Morgan fingerprint density at radius 2 is 1.86 bits per heavy atom. The minimum Gasteiger partial charge on any atom is -0.497 e. The van der Waals surface area contributed by atoms with Crippen LogP contribution in [0.4, 0.5) is 0 Å². The molecule has 0 fully saturated rings. The van der Waals surface area contributed by atoms with Gasteiger partial charge < -0.3 is 15.2 Å². The van der Waals surface area contributed by atoms with Crippen LogP contribution in [-0.2, 0) is 16.0 Å². The van der Waals surface area contributed by atoms with E-state index in [1.165, 1.54) is 0 Å². The molecular formula is C18H21NO3. The molecule has 2 N–H and O–H groups in total. The first-order valence-electron chi connectivity index (χ1n) is 7.29. The Hall–Kier alpha value is -2.33. The summed E-state index contributed by atoms with van der Waals surface area (Å²) in [4.78, 5) is 11.6. The summed E-state index contributed by atoms with van der Waals surface area (Å²) in [5.74, 6) is 0.460. The second-order valence-electron chi connectivity index (χ2n) is 4.99. The molecule has 0 aliphatic carbocycles. The van der Waals surface area contributed by atoms with E-state index in [4.69, 9.17) is 15.2 Å². The van der Waals surface area contributed by atoms with Gasteiger partial charge in [-0.15, -0.1) is 0 Å². The highest BCUT2D eigenvalue weighted by molar-refractivity contribution is 5.76.